The van der Waals surface area contributed by atoms with Crippen molar-refractivity contribution in [3.8, 4) is 16.9 Å². The van der Waals surface area contributed by atoms with Crippen molar-refractivity contribution in [3.63, 3.8) is 0 Å². The number of fused-ring (bicyclic) bond motifs is 1. The van der Waals surface area contributed by atoms with E-state index >= 15 is 0 Å². The van der Waals surface area contributed by atoms with Crippen LogP contribution in [-0.2, 0) is 10.8 Å². The van der Waals surface area contributed by atoms with Gasteiger partial charge in [0.25, 0.3) is 0 Å². The lowest BCUT2D eigenvalue weighted by Gasteiger charge is -2.43. The first-order chi connectivity index (χ1) is 15.4. The Morgan fingerprint density at radius 1 is 0.848 bits per heavy atom. The summed E-state index contributed by atoms with van der Waals surface area (Å²) in [5, 5.41) is 20.9. The van der Waals surface area contributed by atoms with Crippen LogP contribution in [0.4, 0.5) is 0 Å². The zero-order valence-electron chi connectivity index (χ0n) is 19.8. The number of carboxylic acid groups (broad SMARTS) is 1. The SMILES string of the molecule is Cc1cc2c(c(O)c1-c1ccc(C(=O)c3ccccc3C(=O)O)cc1)C(C)(C)CCC2(C)C. The summed E-state index contributed by atoms with van der Waals surface area (Å²) in [5.74, 6) is -1.15. The summed E-state index contributed by atoms with van der Waals surface area (Å²) in [6, 6.07) is 15.5. The number of benzene rings is 3. The van der Waals surface area contributed by atoms with Gasteiger partial charge in [0.2, 0.25) is 0 Å². The monoisotopic (exact) mass is 442 g/mol. The lowest BCUT2D eigenvalue weighted by Crippen LogP contribution is -2.34. The Bertz CT molecular complexity index is 1260. The molecule has 170 valence electrons. The van der Waals surface area contributed by atoms with Gasteiger partial charge in [0.1, 0.15) is 5.75 Å². The first kappa shape index (κ1) is 22.8. The van der Waals surface area contributed by atoms with Crippen LogP contribution in [0.5, 0.6) is 5.75 Å². The van der Waals surface area contributed by atoms with Crippen LogP contribution in [-0.4, -0.2) is 22.0 Å². The molecule has 0 aromatic heterocycles. The van der Waals surface area contributed by atoms with Crippen molar-refractivity contribution in [1.29, 1.82) is 0 Å². The Hall–Kier alpha value is -3.40. The molecule has 0 aliphatic heterocycles. The molecule has 2 N–H and O–H groups in total. The van der Waals surface area contributed by atoms with Crippen LogP contribution < -0.4 is 0 Å². The molecule has 0 bridgehead atoms. The first-order valence-electron chi connectivity index (χ1n) is 11.3. The van der Waals surface area contributed by atoms with Gasteiger partial charge in [0.05, 0.1) is 5.56 Å². The molecule has 33 heavy (non-hydrogen) atoms. The van der Waals surface area contributed by atoms with E-state index in [1.807, 2.05) is 19.1 Å². The van der Waals surface area contributed by atoms with Crippen LogP contribution in [0.1, 0.15) is 83.5 Å². The molecule has 0 fully saturated rings. The zero-order chi connectivity index (χ0) is 24.1. The second kappa shape index (κ2) is 7.87. The Morgan fingerprint density at radius 3 is 2.03 bits per heavy atom. The number of carbonyl (C=O) groups is 2. The largest absolute Gasteiger partial charge is 0.507 e. The van der Waals surface area contributed by atoms with Gasteiger partial charge in [-0.25, -0.2) is 4.79 Å². The molecule has 4 nitrogen and oxygen atoms in total. The van der Waals surface area contributed by atoms with Crippen LogP contribution in [0, 0.1) is 6.92 Å². The maximum Gasteiger partial charge on any atom is 0.336 e. The molecule has 0 heterocycles. The molecule has 1 aliphatic carbocycles. The zero-order valence-corrected chi connectivity index (χ0v) is 19.8. The highest BCUT2D eigenvalue weighted by atomic mass is 16.4. The fourth-order valence-corrected chi connectivity index (χ4v) is 5.08. The van der Waals surface area contributed by atoms with E-state index in [0.717, 1.165) is 35.1 Å². The molecule has 0 amide bonds. The molecule has 0 saturated heterocycles. The molecular formula is C29H30O4. The quantitative estimate of drug-likeness (QED) is 0.444. The van der Waals surface area contributed by atoms with E-state index in [9.17, 15) is 19.8 Å². The number of aryl methyl sites for hydroxylation is 1. The van der Waals surface area contributed by atoms with E-state index < -0.39 is 5.97 Å². The number of carbonyl (C=O) groups excluding carboxylic acids is 1. The minimum Gasteiger partial charge on any atom is -0.507 e. The molecule has 0 unspecified atom stereocenters. The molecule has 4 heteroatoms. The van der Waals surface area contributed by atoms with Crippen molar-refractivity contribution < 1.29 is 19.8 Å². The summed E-state index contributed by atoms with van der Waals surface area (Å²) in [6.45, 7) is 10.8. The smallest absolute Gasteiger partial charge is 0.336 e. The van der Waals surface area contributed by atoms with E-state index in [-0.39, 0.29) is 27.7 Å². The second-order valence-electron chi connectivity index (χ2n) is 10.4. The molecule has 0 saturated carbocycles. The lowest BCUT2D eigenvalue weighted by atomic mass is 9.62. The molecular weight excluding hydrogens is 412 g/mol. The second-order valence-corrected chi connectivity index (χ2v) is 10.4. The number of aromatic carboxylic acids is 1. The van der Waals surface area contributed by atoms with Crippen molar-refractivity contribution in [2.24, 2.45) is 0 Å². The van der Waals surface area contributed by atoms with E-state index in [0.29, 0.717) is 11.3 Å². The van der Waals surface area contributed by atoms with Gasteiger partial charge in [-0.1, -0.05) is 76.2 Å². The van der Waals surface area contributed by atoms with Crippen LogP contribution in [0.2, 0.25) is 0 Å². The van der Waals surface area contributed by atoms with E-state index in [1.54, 1.807) is 24.3 Å². The summed E-state index contributed by atoms with van der Waals surface area (Å²) < 4.78 is 0. The predicted octanol–water partition coefficient (Wildman–Crippen LogP) is 6.65. The van der Waals surface area contributed by atoms with E-state index in [4.69, 9.17) is 0 Å². The highest BCUT2D eigenvalue weighted by molar-refractivity contribution is 6.14. The van der Waals surface area contributed by atoms with Crippen LogP contribution in [0.3, 0.4) is 0 Å². The van der Waals surface area contributed by atoms with Gasteiger partial charge in [0.15, 0.2) is 5.78 Å². The average Bonchev–Trinajstić information content (AvgIpc) is 2.76. The average molecular weight is 443 g/mol. The normalized spacial score (nSPS) is 16.2. The first-order valence-corrected chi connectivity index (χ1v) is 11.3. The number of carboxylic acids is 1. The molecule has 3 aromatic carbocycles. The van der Waals surface area contributed by atoms with Crippen LogP contribution >= 0.6 is 0 Å². The molecule has 0 spiro atoms. The molecule has 1 aliphatic rings. The number of rotatable bonds is 4. The van der Waals surface area contributed by atoms with Crippen molar-refractivity contribution in [1.82, 2.24) is 0 Å². The number of aromatic hydroxyl groups is 1. The molecule has 0 radical (unpaired) electrons. The fourth-order valence-electron chi connectivity index (χ4n) is 5.08. The lowest BCUT2D eigenvalue weighted by molar-refractivity contribution is 0.0692. The van der Waals surface area contributed by atoms with Crippen molar-refractivity contribution in [2.45, 2.75) is 58.3 Å². The summed E-state index contributed by atoms with van der Waals surface area (Å²) in [4.78, 5) is 24.5. The highest BCUT2D eigenvalue weighted by Crippen LogP contribution is 2.52. The van der Waals surface area contributed by atoms with E-state index in [2.05, 4.69) is 33.8 Å². The van der Waals surface area contributed by atoms with Gasteiger partial charge < -0.3 is 10.2 Å². The van der Waals surface area contributed by atoms with Gasteiger partial charge in [0, 0.05) is 22.3 Å². The molecule has 3 aromatic rings. The van der Waals surface area contributed by atoms with Crippen LogP contribution in [0.25, 0.3) is 11.1 Å². The summed E-state index contributed by atoms with van der Waals surface area (Å²) in [6.07, 6.45) is 2.07. The van der Waals surface area contributed by atoms with Gasteiger partial charge in [-0.2, -0.15) is 0 Å². The number of phenolic OH excluding ortho intramolecular Hbond substituents is 1. The van der Waals surface area contributed by atoms with Crippen molar-refractivity contribution in [3.05, 3.63) is 88.0 Å². The molecule has 4 rings (SSSR count). The third-order valence-electron chi connectivity index (χ3n) is 7.12. The van der Waals surface area contributed by atoms with Gasteiger partial charge in [-0.05, 0) is 53.4 Å². The highest BCUT2D eigenvalue weighted by Gasteiger charge is 2.40. The maximum atomic E-state index is 13.0. The fraction of sp³-hybridized carbons (Fsp3) is 0.310. The minimum atomic E-state index is -1.13. The topological polar surface area (TPSA) is 74.6 Å². The Balaban J connectivity index is 1.78. The summed E-state index contributed by atoms with van der Waals surface area (Å²) in [5.41, 5.74) is 5.24. The van der Waals surface area contributed by atoms with E-state index in [1.165, 1.54) is 17.7 Å². The number of hydrogen-bond donors (Lipinski definition) is 2. The number of phenols is 1. The summed E-state index contributed by atoms with van der Waals surface area (Å²) >= 11 is 0. The predicted molar refractivity (Wildman–Crippen MR) is 130 cm³/mol. The van der Waals surface area contributed by atoms with Crippen LogP contribution in [0.15, 0.2) is 54.6 Å². The van der Waals surface area contributed by atoms with Gasteiger partial charge in [-0.15, -0.1) is 0 Å². The molecule has 0 atom stereocenters. The standard InChI is InChI=1S/C29H30O4/c1-17-16-22-24(29(4,5)15-14-28(22,2)3)26(31)23(17)18-10-12-19(13-11-18)25(30)20-8-6-7-9-21(20)27(32)33/h6-13,16,31H,14-15H2,1-5H3,(H,32,33). The van der Waals surface area contributed by atoms with Gasteiger partial charge in [-0.3, -0.25) is 4.79 Å². The van der Waals surface area contributed by atoms with Gasteiger partial charge >= 0.3 is 5.97 Å². The third kappa shape index (κ3) is 3.84. The van der Waals surface area contributed by atoms with Crippen molar-refractivity contribution in [2.75, 3.05) is 0 Å². The number of ketones is 1. The Morgan fingerprint density at radius 2 is 1.42 bits per heavy atom. The Labute approximate surface area is 194 Å². The number of hydrogen-bond acceptors (Lipinski definition) is 3. The third-order valence-corrected chi connectivity index (χ3v) is 7.12. The summed E-state index contributed by atoms with van der Waals surface area (Å²) in [7, 11) is 0. The minimum absolute atomic E-state index is 0.000564. The van der Waals surface area contributed by atoms with Crippen molar-refractivity contribution >= 4 is 11.8 Å². The Kier molecular flexibility index (Phi) is 5.44. The maximum absolute atomic E-state index is 13.0.